The molecular formula is C13H16ClN3O. The first-order chi connectivity index (χ1) is 8.69. The lowest BCUT2D eigenvalue weighted by atomic mass is 10.2. The maximum atomic E-state index is 6.06. The fourth-order valence-electron chi connectivity index (χ4n) is 1.73. The van der Waals surface area contributed by atoms with E-state index in [2.05, 4.69) is 10.4 Å². The smallest absolute Gasteiger partial charge is 0.137 e. The molecule has 0 aliphatic rings. The summed E-state index contributed by atoms with van der Waals surface area (Å²) in [4.78, 5) is 0. The molecule has 2 rings (SSSR count). The Balaban J connectivity index is 1.88. The van der Waals surface area contributed by atoms with Crippen LogP contribution in [0, 0.1) is 0 Å². The fourth-order valence-corrected chi connectivity index (χ4v) is 2.01. The SMILES string of the molecule is COc1ccc(CNCc2cnn(C)c2)cc1Cl. The van der Waals surface area contributed by atoms with Crippen LogP contribution in [0.15, 0.2) is 30.6 Å². The predicted molar refractivity (Wildman–Crippen MR) is 71.8 cm³/mol. The molecule has 2 aromatic rings. The Morgan fingerprint density at radius 2 is 2.11 bits per heavy atom. The summed E-state index contributed by atoms with van der Waals surface area (Å²) in [7, 11) is 3.52. The normalized spacial score (nSPS) is 10.6. The van der Waals surface area contributed by atoms with Gasteiger partial charge in [-0.2, -0.15) is 5.10 Å². The Bertz CT molecular complexity index is 525. The lowest BCUT2D eigenvalue weighted by Gasteiger charge is -2.07. The van der Waals surface area contributed by atoms with Gasteiger partial charge in [0.15, 0.2) is 0 Å². The third kappa shape index (κ3) is 3.24. The molecule has 0 unspecified atom stereocenters. The number of methoxy groups -OCH3 is 1. The van der Waals surface area contributed by atoms with Crippen molar-refractivity contribution in [2.24, 2.45) is 7.05 Å². The summed E-state index contributed by atoms with van der Waals surface area (Å²) in [5.74, 6) is 0.702. The molecule has 1 aromatic carbocycles. The highest BCUT2D eigenvalue weighted by Gasteiger charge is 2.02. The van der Waals surface area contributed by atoms with Gasteiger partial charge in [-0.1, -0.05) is 17.7 Å². The minimum absolute atomic E-state index is 0.637. The van der Waals surface area contributed by atoms with Crippen molar-refractivity contribution in [2.75, 3.05) is 7.11 Å². The Kier molecular flexibility index (Phi) is 4.23. The Morgan fingerprint density at radius 3 is 2.72 bits per heavy atom. The number of benzene rings is 1. The first-order valence-electron chi connectivity index (χ1n) is 5.69. The van der Waals surface area contributed by atoms with E-state index in [1.54, 1.807) is 11.8 Å². The molecule has 0 fully saturated rings. The number of hydrogen-bond donors (Lipinski definition) is 1. The molecule has 0 aliphatic heterocycles. The molecule has 96 valence electrons. The summed E-state index contributed by atoms with van der Waals surface area (Å²) in [6.45, 7) is 1.55. The van der Waals surface area contributed by atoms with Gasteiger partial charge in [0.1, 0.15) is 5.75 Å². The van der Waals surface area contributed by atoms with Crippen LogP contribution >= 0.6 is 11.6 Å². The average molecular weight is 266 g/mol. The van der Waals surface area contributed by atoms with E-state index in [0.29, 0.717) is 10.8 Å². The Labute approximate surface area is 112 Å². The second-order valence-electron chi connectivity index (χ2n) is 4.09. The lowest BCUT2D eigenvalue weighted by Crippen LogP contribution is -2.12. The monoisotopic (exact) mass is 265 g/mol. The van der Waals surface area contributed by atoms with Gasteiger partial charge in [0.25, 0.3) is 0 Å². The van der Waals surface area contributed by atoms with Gasteiger partial charge in [0.2, 0.25) is 0 Å². The van der Waals surface area contributed by atoms with Crippen molar-refractivity contribution in [3.63, 3.8) is 0 Å². The number of ether oxygens (including phenoxy) is 1. The maximum absolute atomic E-state index is 6.06. The average Bonchev–Trinajstić information content (AvgIpc) is 2.75. The molecule has 4 nitrogen and oxygen atoms in total. The van der Waals surface area contributed by atoms with Gasteiger partial charge in [-0.15, -0.1) is 0 Å². The highest BCUT2D eigenvalue weighted by Crippen LogP contribution is 2.24. The topological polar surface area (TPSA) is 39.1 Å². The number of nitrogens with zero attached hydrogens (tertiary/aromatic N) is 2. The Hall–Kier alpha value is -1.52. The molecule has 18 heavy (non-hydrogen) atoms. The Morgan fingerprint density at radius 1 is 1.33 bits per heavy atom. The van der Waals surface area contributed by atoms with E-state index in [1.807, 2.05) is 37.6 Å². The number of nitrogens with one attached hydrogen (secondary N) is 1. The van der Waals surface area contributed by atoms with Crippen LogP contribution in [0.5, 0.6) is 5.75 Å². The van der Waals surface area contributed by atoms with Gasteiger partial charge < -0.3 is 10.1 Å². The van der Waals surface area contributed by atoms with E-state index < -0.39 is 0 Å². The molecule has 0 atom stereocenters. The van der Waals surface area contributed by atoms with E-state index in [4.69, 9.17) is 16.3 Å². The van der Waals surface area contributed by atoms with Crippen LogP contribution in [-0.4, -0.2) is 16.9 Å². The summed E-state index contributed by atoms with van der Waals surface area (Å²) in [6, 6.07) is 5.79. The van der Waals surface area contributed by atoms with Crippen molar-refractivity contribution in [3.05, 3.63) is 46.7 Å². The molecule has 1 aromatic heterocycles. The summed E-state index contributed by atoms with van der Waals surface area (Å²) in [5.41, 5.74) is 2.29. The number of hydrogen-bond acceptors (Lipinski definition) is 3. The van der Waals surface area contributed by atoms with Crippen molar-refractivity contribution in [2.45, 2.75) is 13.1 Å². The number of rotatable bonds is 5. The molecule has 0 radical (unpaired) electrons. The molecule has 0 aliphatic carbocycles. The van der Waals surface area contributed by atoms with Crippen molar-refractivity contribution in [3.8, 4) is 5.75 Å². The molecule has 1 N–H and O–H groups in total. The molecule has 0 saturated carbocycles. The van der Waals surface area contributed by atoms with Crippen LogP contribution in [0.1, 0.15) is 11.1 Å². The van der Waals surface area contributed by atoms with Gasteiger partial charge in [0, 0.05) is 31.9 Å². The van der Waals surface area contributed by atoms with Crippen molar-refractivity contribution in [1.82, 2.24) is 15.1 Å². The molecule has 0 amide bonds. The maximum Gasteiger partial charge on any atom is 0.137 e. The molecule has 1 heterocycles. The number of aromatic nitrogens is 2. The zero-order chi connectivity index (χ0) is 13.0. The zero-order valence-electron chi connectivity index (χ0n) is 10.5. The highest BCUT2D eigenvalue weighted by molar-refractivity contribution is 6.32. The molecule has 0 saturated heterocycles. The van der Waals surface area contributed by atoms with Crippen LogP contribution in [0.4, 0.5) is 0 Å². The number of halogens is 1. The van der Waals surface area contributed by atoms with Crippen LogP contribution in [0.3, 0.4) is 0 Å². The van der Waals surface area contributed by atoms with E-state index >= 15 is 0 Å². The third-order valence-corrected chi connectivity index (χ3v) is 2.93. The van der Waals surface area contributed by atoms with Crippen molar-refractivity contribution in [1.29, 1.82) is 0 Å². The van der Waals surface area contributed by atoms with Crippen LogP contribution in [-0.2, 0) is 20.1 Å². The first kappa shape index (κ1) is 12.9. The van der Waals surface area contributed by atoms with Crippen molar-refractivity contribution >= 4 is 11.6 Å². The van der Waals surface area contributed by atoms with E-state index in [-0.39, 0.29) is 0 Å². The van der Waals surface area contributed by atoms with Gasteiger partial charge in [-0.25, -0.2) is 0 Å². The van der Waals surface area contributed by atoms with E-state index in [0.717, 1.165) is 24.2 Å². The summed E-state index contributed by atoms with van der Waals surface area (Å²) in [5, 5.41) is 8.10. The zero-order valence-corrected chi connectivity index (χ0v) is 11.2. The predicted octanol–water partition coefficient (Wildman–Crippen LogP) is 2.37. The van der Waals surface area contributed by atoms with E-state index in [9.17, 15) is 0 Å². The molecule has 0 spiro atoms. The quantitative estimate of drug-likeness (QED) is 0.902. The third-order valence-electron chi connectivity index (χ3n) is 2.63. The van der Waals surface area contributed by atoms with Gasteiger partial charge in [-0.3, -0.25) is 4.68 Å². The van der Waals surface area contributed by atoms with E-state index in [1.165, 1.54) is 0 Å². The summed E-state index contributed by atoms with van der Waals surface area (Å²) in [6.07, 6.45) is 3.85. The lowest BCUT2D eigenvalue weighted by molar-refractivity contribution is 0.415. The summed E-state index contributed by atoms with van der Waals surface area (Å²) >= 11 is 6.06. The van der Waals surface area contributed by atoms with Crippen molar-refractivity contribution < 1.29 is 4.74 Å². The minimum Gasteiger partial charge on any atom is -0.495 e. The second-order valence-corrected chi connectivity index (χ2v) is 4.50. The molecule has 0 bridgehead atoms. The fraction of sp³-hybridized carbons (Fsp3) is 0.308. The standard InChI is InChI=1S/C13H16ClN3O/c1-17-9-11(8-16-17)7-15-6-10-3-4-13(18-2)12(14)5-10/h3-5,8-9,15H,6-7H2,1-2H3. The van der Waals surface area contributed by atoms with Gasteiger partial charge in [0.05, 0.1) is 18.3 Å². The van der Waals surface area contributed by atoms with Crippen LogP contribution in [0.25, 0.3) is 0 Å². The number of aryl methyl sites for hydroxylation is 1. The van der Waals surface area contributed by atoms with Crippen LogP contribution < -0.4 is 10.1 Å². The van der Waals surface area contributed by atoms with Gasteiger partial charge >= 0.3 is 0 Å². The minimum atomic E-state index is 0.637. The molecule has 5 heteroatoms. The highest BCUT2D eigenvalue weighted by atomic mass is 35.5. The largest absolute Gasteiger partial charge is 0.495 e. The summed E-state index contributed by atoms with van der Waals surface area (Å²) < 4.78 is 6.91. The van der Waals surface area contributed by atoms with Gasteiger partial charge in [-0.05, 0) is 17.7 Å². The molecular weight excluding hydrogens is 250 g/mol. The van der Waals surface area contributed by atoms with Crippen LogP contribution in [0.2, 0.25) is 5.02 Å². The first-order valence-corrected chi connectivity index (χ1v) is 6.07. The second kappa shape index (κ2) is 5.89.